The lowest BCUT2D eigenvalue weighted by Crippen LogP contribution is -2.52. The predicted molar refractivity (Wildman–Crippen MR) is 127 cm³/mol. The lowest BCUT2D eigenvalue weighted by atomic mass is 10.1. The van der Waals surface area contributed by atoms with Gasteiger partial charge in [0, 0.05) is 52.1 Å². The zero-order valence-corrected chi connectivity index (χ0v) is 19.4. The molecule has 2 fully saturated rings. The highest BCUT2D eigenvalue weighted by molar-refractivity contribution is 5.89. The molecule has 2 aromatic rings. The maximum Gasteiger partial charge on any atom is 0.228 e. The first-order chi connectivity index (χ1) is 16.0. The molecule has 0 aliphatic carbocycles. The molecule has 2 saturated heterocycles. The molecule has 0 saturated carbocycles. The Balaban J connectivity index is 1.20. The third kappa shape index (κ3) is 6.01. The minimum atomic E-state index is -0.281. The van der Waals surface area contributed by atoms with E-state index >= 15 is 0 Å². The fourth-order valence-corrected chi connectivity index (χ4v) is 4.69. The molecular formula is C27H33N3O3. The van der Waals surface area contributed by atoms with Crippen LogP contribution in [0.2, 0.25) is 0 Å². The summed E-state index contributed by atoms with van der Waals surface area (Å²) in [7, 11) is 0. The average molecular weight is 448 g/mol. The molecule has 6 nitrogen and oxygen atoms in total. The van der Waals surface area contributed by atoms with E-state index in [4.69, 9.17) is 0 Å². The molecule has 0 N–H and O–H groups in total. The summed E-state index contributed by atoms with van der Waals surface area (Å²) in [4.78, 5) is 43.6. The number of hydrogen-bond acceptors (Lipinski definition) is 3. The van der Waals surface area contributed by atoms with Gasteiger partial charge in [-0.15, -0.1) is 0 Å². The molecule has 2 aliphatic heterocycles. The topological polar surface area (TPSA) is 60.9 Å². The molecule has 6 heteroatoms. The normalized spacial score (nSPS) is 18.6. The first-order valence-corrected chi connectivity index (χ1v) is 11.9. The number of hydrogen-bond donors (Lipinski definition) is 0. The maximum atomic E-state index is 13.0. The summed E-state index contributed by atoms with van der Waals surface area (Å²) in [6.07, 6.45) is 2.56. The van der Waals surface area contributed by atoms with Gasteiger partial charge in [-0.3, -0.25) is 14.4 Å². The van der Waals surface area contributed by atoms with Crippen molar-refractivity contribution >= 4 is 17.7 Å². The number of carbonyl (C=O) groups excluding carboxylic acids is 3. The van der Waals surface area contributed by atoms with Crippen LogP contribution in [0.1, 0.15) is 36.0 Å². The number of aryl methyl sites for hydroxylation is 2. The third-order valence-electron chi connectivity index (χ3n) is 6.70. The number of rotatable bonds is 7. The van der Waals surface area contributed by atoms with E-state index in [-0.39, 0.29) is 30.1 Å². The van der Waals surface area contributed by atoms with Gasteiger partial charge in [0.05, 0.1) is 5.92 Å². The second-order valence-corrected chi connectivity index (χ2v) is 9.21. The van der Waals surface area contributed by atoms with Crippen LogP contribution in [0.4, 0.5) is 0 Å². The van der Waals surface area contributed by atoms with Crippen LogP contribution in [0.3, 0.4) is 0 Å². The molecule has 2 aromatic carbocycles. The molecule has 0 radical (unpaired) electrons. The molecule has 0 bridgehead atoms. The molecule has 2 heterocycles. The van der Waals surface area contributed by atoms with Crippen molar-refractivity contribution in [2.45, 2.75) is 39.2 Å². The Morgan fingerprint density at radius 3 is 2.24 bits per heavy atom. The number of piperazine rings is 1. The quantitative estimate of drug-likeness (QED) is 0.656. The Morgan fingerprint density at radius 2 is 1.55 bits per heavy atom. The van der Waals surface area contributed by atoms with Crippen molar-refractivity contribution in [1.29, 1.82) is 0 Å². The van der Waals surface area contributed by atoms with Gasteiger partial charge in [0.15, 0.2) is 0 Å². The van der Waals surface area contributed by atoms with Crippen LogP contribution in [-0.2, 0) is 27.3 Å². The second kappa shape index (κ2) is 10.6. The van der Waals surface area contributed by atoms with Crippen LogP contribution in [0.5, 0.6) is 0 Å². The van der Waals surface area contributed by atoms with Crippen LogP contribution < -0.4 is 0 Å². The number of amides is 3. The molecular weight excluding hydrogens is 414 g/mol. The highest BCUT2D eigenvalue weighted by Crippen LogP contribution is 2.23. The highest BCUT2D eigenvalue weighted by atomic mass is 16.2. The second-order valence-electron chi connectivity index (χ2n) is 9.21. The third-order valence-corrected chi connectivity index (χ3v) is 6.70. The van der Waals surface area contributed by atoms with E-state index in [0.29, 0.717) is 45.7 Å². The SMILES string of the molecule is Cc1ccc(CN2CC(C(=O)N3CCN(C(=O)CCCc4ccccc4)CC3)CC2=O)cc1. The Hall–Kier alpha value is -3.15. The van der Waals surface area contributed by atoms with Crippen molar-refractivity contribution in [2.75, 3.05) is 32.7 Å². The van der Waals surface area contributed by atoms with Gasteiger partial charge in [-0.2, -0.15) is 0 Å². The Morgan fingerprint density at radius 1 is 0.879 bits per heavy atom. The first-order valence-electron chi connectivity index (χ1n) is 11.9. The van der Waals surface area contributed by atoms with Gasteiger partial charge in [0.2, 0.25) is 17.7 Å². The summed E-state index contributed by atoms with van der Waals surface area (Å²) in [5, 5.41) is 0. The number of likely N-dealkylation sites (tertiary alicyclic amines) is 1. The number of benzene rings is 2. The van der Waals surface area contributed by atoms with Crippen LogP contribution in [-0.4, -0.2) is 65.1 Å². The minimum absolute atomic E-state index is 0.0427. The lowest BCUT2D eigenvalue weighted by molar-refractivity contribution is -0.142. The molecule has 2 aliphatic rings. The monoisotopic (exact) mass is 447 g/mol. The first kappa shape index (κ1) is 23.0. The van der Waals surface area contributed by atoms with E-state index in [0.717, 1.165) is 18.4 Å². The fraction of sp³-hybridized carbons (Fsp3) is 0.444. The van der Waals surface area contributed by atoms with E-state index in [1.165, 1.54) is 11.1 Å². The Bertz CT molecular complexity index is 966. The van der Waals surface area contributed by atoms with Crippen molar-refractivity contribution in [1.82, 2.24) is 14.7 Å². The van der Waals surface area contributed by atoms with Crippen molar-refractivity contribution in [3.05, 3.63) is 71.3 Å². The predicted octanol–water partition coefficient (Wildman–Crippen LogP) is 3.04. The lowest BCUT2D eigenvalue weighted by Gasteiger charge is -2.36. The summed E-state index contributed by atoms with van der Waals surface area (Å²) >= 11 is 0. The summed E-state index contributed by atoms with van der Waals surface area (Å²) in [6.45, 7) is 5.31. The molecule has 1 atom stereocenters. The van der Waals surface area contributed by atoms with E-state index in [2.05, 4.69) is 12.1 Å². The molecule has 3 amide bonds. The molecule has 174 valence electrons. The van der Waals surface area contributed by atoms with Crippen LogP contribution in [0.25, 0.3) is 0 Å². The maximum absolute atomic E-state index is 13.0. The molecule has 0 spiro atoms. The zero-order chi connectivity index (χ0) is 23.2. The molecule has 33 heavy (non-hydrogen) atoms. The summed E-state index contributed by atoms with van der Waals surface area (Å²) in [5.41, 5.74) is 3.53. The average Bonchev–Trinajstić information content (AvgIpc) is 3.21. The van der Waals surface area contributed by atoms with Gasteiger partial charge in [0.25, 0.3) is 0 Å². The zero-order valence-electron chi connectivity index (χ0n) is 19.4. The van der Waals surface area contributed by atoms with Gasteiger partial charge in [-0.05, 0) is 30.9 Å². The van der Waals surface area contributed by atoms with E-state index in [1.807, 2.05) is 59.2 Å². The number of carbonyl (C=O) groups is 3. The highest BCUT2D eigenvalue weighted by Gasteiger charge is 2.37. The minimum Gasteiger partial charge on any atom is -0.339 e. The van der Waals surface area contributed by atoms with Crippen LogP contribution >= 0.6 is 0 Å². The van der Waals surface area contributed by atoms with E-state index in [1.54, 1.807) is 4.90 Å². The Labute approximate surface area is 196 Å². The van der Waals surface area contributed by atoms with Crippen molar-refractivity contribution < 1.29 is 14.4 Å². The molecule has 4 rings (SSSR count). The summed E-state index contributed by atoms with van der Waals surface area (Å²) in [5.74, 6) is -0.0264. The smallest absolute Gasteiger partial charge is 0.228 e. The van der Waals surface area contributed by atoms with Gasteiger partial charge < -0.3 is 14.7 Å². The van der Waals surface area contributed by atoms with Crippen molar-refractivity contribution in [2.24, 2.45) is 5.92 Å². The standard InChI is InChI=1S/C27H33N3O3/c1-21-10-12-23(13-11-21)19-30-20-24(18-26(30)32)27(33)29-16-14-28(15-17-29)25(31)9-5-8-22-6-3-2-4-7-22/h2-4,6-7,10-13,24H,5,8-9,14-20H2,1H3. The van der Waals surface area contributed by atoms with Gasteiger partial charge >= 0.3 is 0 Å². The Kier molecular flexibility index (Phi) is 7.43. The van der Waals surface area contributed by atoms with Crippen molar-refractivity contribution in [3.8, 4) is 0 Å². The summed E-state index contributed by atoms with van der Waals surface area (Å²) < 4.78 is 0. The number of nitrogens with zero attached hydrogens (tertiary/aromatic N) is 3. The molecule has 1 unspecified atom stereocenters. The van der Waals surface area contributed by atoms with Gasteiger partial charge in [0.1, 0.15) is 0 Å². The van der Waals surface area contributed by atoms with E-state index < -0.39 is 0 Å². The van der Waals surface area contributed by atoms with Crippen LogP contribution in [0, 0.1) is 12.8 Å². The van der Waals surface area contributed by atoms with E-state index in [9.17, 15) is 14.4 Å². The van der Waals surface area contributed by atoms with Gasteiger partial charge in [-0.1, -0.05) is 60.2 Å². The fourth-order valence-electron chi connectivity index (χ4n) is 4.69. The summed E-state index contributed by atoms with van der Waals surface area (Å²) in [6, 6.07) is 18.4. The van der Waals surface area contributed by atoms with Gasteiger partial charge in [-0.25, -0.2) is 0 Å². The molecule has 0 aromatic heterocycles. The van der Waals surface area contributed by atoms with Crippen molar-refractivity contribution in [3.63, 3.8) is 0 Å². The largest absolute Gasteiger partial charge is 0.339 e. The van der Waals surface area contributed by atoms with Crippen LogP contribution in [0.15, 0.2) is 54.6 Å².